The maximum absolute atomic E-state index is 12.5. The summed E-state index contributed by atoms with van der Waals surface area (Å²) in [6.45, 7) is 0. The average molecular weight is 423 g/mol. The molecule has 9 heteroatoms. The number of nitro benzene ring substituents is 1. The lowest BCUT2D eigenvalue weighted by Crippen LogP contribution is -2.35. The van der Waals surface area contributed by atoms with Gasteiger partial charge in [0.1, 0.15) is 10.6 Å². The summed E-state index contributed by atoms with van der Waals surface area (Å²) in [6.07, 6.45) is 1.29. The number of nitrogens with one attached hydrogen (secondary N) is 1. The normalized spacial score (nSPS) is 15.6. The average Bonchev–Trinajstić information content (AvgIpc) is 2.84. The summed E-state index contributed by atoms with van der Waals surface area (Å²) < 4.78 is 0.748. The van der Waals surface area contributed by atoms with Crippen LogP contribution >= 0.6 is 27.5 Å². The molecule has 2 amide bonds. The number of halogens is 2. The van der Waals surface area contributed by atoms with Gasteiger partial charge >= 0.3 is 0 Å². The van der Waals surface area contributed by atoms with E-state index in [1.54, 1.807) is 24.3 Å². The van der Waals surface area contributed by atoms with Crippen LogP contribution in [0.5, 0.6) is 0 Å². The summed E-state index contributed by atoms with van der Waals surface area (Å²) in [5, 5.41) is 12.0. The van der Waals surface area contributed by atoms with Crippen LogP contribution in [0, 0.1) is 10.1 Å². The van der Waals surface area contributed by atoms with Crippen LogP contribution in [0.25, 0.3) is 6.08 Å². The first-order valence-corrected chi connectivity index (χ1v) is 8.10. The molecule has 1 N–H and O–H groups in total. The first kappa shape index (κ1) is 17.1. The fourth-order valence-electron chi connectivity index (χ4n) is 2.28. The van der Waals surface area contributed by atoms with E-state index < -0.39 is 16.7 Å². The molecular weight excluding hydrogens is 414 g/mol. The van der Waals surface area contributed by atoms with E-state index in [1.165, 1.54) is 24.3 Å². The molecule has 1 aliphatic rings. The molecule has 7 nitrogen and oxygen atoms in total. The first-order chi connectivity index (χ1) is 11.9. The highest BCUT2D eigenvalue weighted by Crippen LogP contribution is 2.28. The molecule has 0 saturated carbocycles. The van der Waals surface area contributed by atoms with Crippen molar-refractivity contribution in [2.45, 2.75) is 0 Å². The minimum absolute atomic E-state index is 0.0230. The Morgan fingerprint density at radius 3 is 2.64 bits per heavy atom. The molecule has 0 spiro atoms. The number of nitro groups is 1. The van der Waals surface area contributed by atoms with Gasteiger partial charge in [0.15, 0.2) is 0 Å². The van der Waals surface area contributed by atoms with E-state index in [0.717, 1.165) is 9.48 Å². The number of carbonyl (C=O) groups is 2. The third kappa shape index (κ3) is 3.40. The van der Waals surface area contributed by atoms with Crippen LogP contribution in [0.1, 0.15) is 5.56 Å². The van der Waals surface area contributed by atoms with Crippen molar-refractivity contribution in [3.8, 4) is 0 Å². The van der Waals surface area contributed by atoms with Crippen LogP contribution in [0.4, 0.5) is 11.4 Å². The quantitative estimate of drug-likeness (QED) is 0.355. The van der Waals surface area contributed by atoms with Crippen LogP contribution < -0.4 is 10.4 Å². The van der Waals surface area contributed by atoms with E-state index in [9.17, 15) is 19.7 Å². The molecule has 2 aromatic rings. The summed E-state index contributed by atoms with van der Waals surface area (Å²) in [4.78, 5) is 35.0. The van der Waals surface area contributed by atoms with Gasteiger partial charge in [-0.1, -0.05) is 39.7 Å². The Morgan fingerprint density at radius 2 is 1.96 bits per heavy atom. The Labute approximate surface area is 155 Å². The Hall–Kier alpha value is -2.71. The number of rotatable bonds is 3. The molecule has 1 saturated heterocycles. The number of nitrogens with zero attached hydrogens (tertiary/aromatic N) is 2. The zero-order chi connectivity index (χ0) is 18.1. The van der Waals surface area contributed by atoms with E-state index >= 15 is 0 Å². The van der Waals surface area contributed by atoms with Gasteiger partial charge in [-0.2, -0.15) is 0 Å². The molecule has 0 atom stereocenters. The Morgan fingerprint density at radius 1 is 1.20 bits per heavy atom. The third-order valence-electron chi connectivity index (χ3n) is 3.44. The minimum Gasteiger partial charge on any atom is -0.267 e. The summed E-state index contributed by atoms with van der Waals surface area (Å²) in [7, 11) is 0. The fourth-order valence-corrected chi connectivity index (χ4v) is 2.85. The third-order valence-corrected chi connectivity index (χ3v) is 4.25. The van der Waals surface area contributed by atoms with Gasteiger partial charge in [-0.15, -0.1) is 0 Å². The van der Waals surface area contributed by atoms with Gasteiger partial charge in [0.2, 0.25) is 0 Å². The molecule has 1 aliphatic heterocycles. The lowest BCUT2D eigenvalue weighted by Gasteiger charge is -2.14. The molecule has 3 rings (SSSR count). The molecule has 126 valence electrons. The van der Waals surface area contributed by atoms with Gasteiger partial charge in [-0.05, 0) is 35.9 Å². The number of amides is 2. The van der Waals surface area contributed by atoms with Crippen LogP contribution in [0.15, 0.2) is 52.5 Å². The second-order valence-electron chi connectivity index (χ2n) is 5.09. The predicted octanol–water partition coefficient (Wildman–Crippen LogP) is 3.47. The zero-order valence-electron chi connectivity index (χ0n) is 12.4. The van der Waals surface area contributed by atoms with E-state index in [2.05, 4.69) is 21.4 Å². The van der Waals surface area contributed by atoms with Crippen molar-refractivity contribution < 1.29 is 14.5 Å². The standard InChI is InChI=1S/C16H9BrClN3O4/c17-10-2-1-3-11(8-10)20-16(23)12(15(22)19-20)6-9-4-5-13(18)14(7-9)21(24)25/h1-8H,(H,19,22)/b12-6-. The highest BCUT2D eigenvalue weighted by Gasteiger charge is 2.34. The lowest BCUT2D eigenvalue weighted by molar-refractivity contribution is -0.384. The van der Waals surface area contributed by atoms with Gasteiger partial charge in [0.25, 0.3) is 17.5 Å². The first-order valence-electron chi connectivity index (χ1n) is 6.93. The molecule has 1 heterocycles. The Balaban J connectivity index is 1.97. The van der Waals surface area contributed by atoms with E-state index in [4.69, 9.17) is 11.6 Å². The van der Waals surface area contributed by atoms with Gasteiger partial charge in [0, 0.05) is 10.5 Å². The maximum atomic E-state index is 12.5. The number of hydrogen-bond donors (Lipinski definition) is 1. The summed E-state index contributed by atoms with van der Waals surface area (Å²) >= 11 is 9.06. The Kier molecular flexibility index (Phi) is 4.56. The van der Waals surface area contributed by atoms with Crippen molar-refractivity contribution >= 4 is 56.8 Å². The van der Waals surface area contributed by atoms with Crippen molar-refractivity contribution in [2.75, 3.05) is 5.01 Å². The van der Waals surface area contributed by atoms with E-state index in [-0.39, 0.29) is 16.3 Å². The highest BCUT2D eigenvalue weighted by molar-refractivity contribution is 9.10. The van der Waals surface area contributed by atoms with Crippen LogP contribution in [0.3, 0.4) is 0 Å². The van der Waals surface area contributed by atoms with Crippen molar-refractivity contribution in [1.29, 1.82) is 0 Å². The second-order valence-corrected chi connectivity index (χ2v) is 6.41. The molecular formula is C16H9BrClN3O4. The maximum Gasteiger partial charge on any atom is 0.288 e. The van der Waals surface area contributed by atoms with Crippen molar-refractivity contribution in [2.24, 2.45) is 0 Å². The van der Waals surface area contributed by atoms with Gasteiger partial charge in [0.05, 0.1) is 10.6 Å². The van der Waals surface area contributed by atoms with Gasteiger partial charge < -0.3 is 0 Å². The fraction of sp³-hybridized carbons (Fsp3) is 0. The van der Waals surface area contributed by atoms with Crippen molar-refractivity contribution in [3.05, 3.63) is 73.2 Å². The number of benzene rings is 2. The largest absolute Gasteiger partial charge is 0.288 e. The summed E-state index contributed by atoms with van der Waals surface area (Å²) in [5.41, 5.74) is 2.84. The molecule has 0 aromatic heterocycles. The van der Waals surface area contributed by atoms with E-state index in [0.29, 0.717) is 11.3 Å². The predicted molar refractivity (Wildman–Crippen MR) is 95.9 cm³/mol. The molecule has 2 aromatic carbocycles. The SMILES string of the molecule is O=C1NN(c2cccc(Br)c2)C(=O)/C1=C\c1ccc(Cl)c([N+](=O)[O-])c1. The molecule has 0 aliphatic carbocycles. The molecule has 0 unspecified atom stereocenters. The highest BCUT2D eigenvalue weighted by atomic mass is 79.9. The number of hydrogen-bond acceptors (Lipinski definition) is 4. The van der Waals surface area contributed by atoms with Gasteiger partial charge in [-0.25, -0.2) is 5.01 Å². The van der Waals surface area contributed by atoms with E-state index in [1.807, 2.05) is 0 Å². The van der Waals surface area contributed by atoms with Gasteiger partial charge in [-0.3, -0.25) is 25.1 Å². The van der Waals surface area contributed by atoms with Crippen LogP contribution in [-0.4, -0.2) is 16.7 Å². The minimum atomic E-state index is -0.630. The van der Waals surface area contributed by atoms with Crippen molar-refractivity contribution in [3.63, 3.8) is 0 Å². The lowest BCUT2D eigenvalue weighted by atomic mass is 10.1. The second kappa shape index (κ2) is 6.66. The van der Waals surface area contributed by atoms with Crippen LogP contribution in [0.2, 0.25) is 5.02 Å². The molecule has 1 fully saturated rings. The smallest absolute Gasteiger partial charge is 0.267 e. The topological polar surface area (TPSA) is 92.6 Å². The van der Waals surface area contributed by atoms with Crippen molar-refractivity contribution in [1.82, 2.24) is 5.43 Å². The number of anilines is 1. The summed E-state index contributed by atoms with van der Waals surface area (Å²) in [6, 6.07) is 10.9. The monoisotopic (exact) mass is 421 g/mol. The Bertz CT molecular complexity index is 945. The molecule has 25 heavy (non-hydrogen) atoms. The summed E-state index contributed by atoms with van der Waals surface area (Å²) in [5.74, 6) is -1.15. The zero-order valence-corrected chi connectivity index (χ0v) is 14.7. The van der Waals surface area contributed by atoms with Crippen LogP contribution in [-0.2, 0) is 9.59 Å². The number of carbonyl (C=O) groups excluding carboxylic acids is 2. The number of hydrazine groups is 1. The molecule has 0 radical (unpaired) electrons. The molecule has 0 bridgehead atoms.